The van der Waals surface area contributed by atoms with E-state index in [0.29, 0.717) is 11.3 Å². The maximum Gasteiger partial charge on any atom is 0.131 e. The molecule has 1 atom stereocenters. The van der Waals surface area contributed by atoms with Crippen LogP contribution in [0.2, 0.25) is 0 Å². The first-order chi connectivity index (χ1) is 10.0. The van der Waals surface area contributed by atoms with Crippen LogP contribution in [0.25, 0.3) is 0 Å². The van der Waals surface area contributed by atoms with Gasteiger partial charge in [-0.15, -0.1) is 0 Å². The first kappa shape index (κ1) is 15.5. The van der Waals surface area contributed by atoms with Gasteiger partial charge in [0.15, 0.2) is 0 Å². The number of nitrogens with zero attached hydrogens (tertiary/aromatic N) is 1. The topological polar surface area (TPSA) is 59.0 Å². The summed E-state index contributed by atoms with van der Waals surface area (Å²) in [6.45, 7) is 1.94. The molecular formula is C16H14BrFN2O. The molecule has 0 amide bonds. The molecule has 0 heterocycles. The summed E-state index contributed by atoms with van der Waals surface area (Å²) in [6, 6.07) is 11.5. The normalized spacial score (nSPS) is 11.8. The second-order valence-electron chi connectivity index (χ2n) is 4.68. The predicted molar refractivity (Wildman–Crippen MR) is 82.2 cm³/mol. The van der Waals surface area contributed by atoms with Crippen LogP contribution >= 0.6 is 15.9 Å². The van der Waals surface area contributed by atoms with Crippen LogP contribution in [0, 0.1) is 17.1 Å². The molecule has 2 N–H and O–H groups in total. The average molecular weight is 349 g/mol. The molecule has 2 aromatic carbocycles. The Morgan fingerprint density at radius 1 is 1.33 bits per heavy atom. The molecule has 21 heavy (non-hydrogen) atoms. The standard InChI is InChI=1S/C16H14BrFN2O/c1-10(20)14-7-13(17)4-5-16(14)21-9-12-3-2-11(8-19)6-15(12)18/h2-7,10H,9,20H2,1H3/t10-/m1/s1. The third-order valence-electron chi connectivity index (χ3n) is 3.03. The first-order valence-corrected chi connectivity index (χ1v) is 7.17. The van der Waals surface area contributed by atoms with Crippen LogP contribution in [-0.4, -0.2) is 0 Å². The van der Waals surface area contributed by atoms with E-state index in [9.17, 15) is 4.39 Å². The van der Waals surface area contributed by atoms with Crippen molar-refractivity contribution in [2.45, 2.75) is 19.6 Å². The van der Waals surface area contributed by atoms with Crippen LogP contribution in [0.5, 0.6) is 5.75 Å². The average Bonchev–Trinajstić information content (AvgIpc) is 2.46. The number of hydrogen-bond acceptors (Lipinski definition) is 3. The summed E-state index contributed by atoms with van der Waals surface area (Å²) in [5.74, 6) is 0.172. The molecule has 0 aliphatic carbocycles. The van der Waals surface area contributed by atoms with Crippen LogP contribution in [0.4, 0.5) is 4.39 Å². The van der Waals surface area contributed by atoms with Crippen LogP contribution in [0.3, 0.4) is 0 Å². The molecule has 0 saturated carbocycles. The van der Waals surface area contributed by atoms with E-state index in [1.165, 1.54) is 6.07 Å². The molecule has 108 valence electrons. The Bertz CT molecular complexity index is 695. The number of nitrogens with two attached hydrogens (primary N) is 1. The molecular weight excluding hydrogens is 335 g/mol. The van der Waals surface area contributed by atoms with Gasteiger partial charge in [-0.1, -0.05) is 22.0 Å². The second kappa shape index (κ2) is 6.70. The lowest BCUT2D eigenvalue weighted by Crippen LogP contribution is -2.08. The summed E-state index contributed by atoms with van der Waals surface area (Å²) in [7, 11) is 0. The van der Waals surface area contributed by atoms with Gasteiger partial charge in [-0.2, -0.15) is 5.26 Å². The van der Waals surface area contributed by atoms with E-state index in [0.717, 1.165) is 10.0 Å². The quantitative estimate of drug-likeness (QED) is 0.906. The molecule has 2 aromatic rings. The lowest BCUT2D eigenvalue weighted by atomic mass is 10.1. The largest absolute Gasteiger partial charge is 0.488 e. The molecule has 0 spiro atoms. The fourth-order valence-corrected chi connectivity index (χ4v) is 2.27. The maximum absolute atomic E-state index is 13.8. The third-order valence-corrected chi connectivity index (χ3v) is 3.52. The lowest BCUT2D eigenvalue weighted by Gasteiger charge is -2.15. The Hall–Kier alpha value is -1.90. The Morgan fingerprint density at radius 2 is 2.10 bits per heavy atom. The first-order valence-electron chi connectivity index (χ1n) is 6.37. The number of benzene rings is 2. The zero-order valence-corrected chi connectivity index (χ0v) is 13.0. The van der Waals surface area contributed by atoms with E-state index in [4.69, 9.17) is 15.7 Å². The highest BCUT2D eigenvalue weighted by molar-refractivity contribution is 9.10. The van der Waals surface area contributed by atoms with E-state index >= 15 is 0 Å². The predicted octanol–water partition coefficient (Wildman–Crippen LogP) is 4.06. The smallest absolute Gasteiger partial charge is 0.131 e. The summed E-state index contributed by atoms with van der Waals surface area (Å²) in [4.78, 5) is 0. The highest BCUT2D eigenvalue weighted by Crippen LogP contribution is 2.28. The van der Waals surface area contributed by atoms with Crippen LogP contribution in [0.15, 0.2) is 40.9 Å². The molecule has 2 rings (SSSR count). The number of rotatable bonds is 4. The van der Waals surface area contributed by atoms with Gasteiger partial charge in [-0.05, 0) is 37.3 Å². The van der Waals surface area contributed by atoms with Gasteiger partial charge in [0, 0.05) is 21.6 Å². The van der Waals surface area contributed by atoms with Crippen LogP contribution < -0.4 is 10.5 Å². The van der Waals surface area contributed by atoms with E-state index in [2.05, 4.69) is 15.9 Å². The summed E-state index contributed by atoms with van der Waals surface area (Å²) >= 11 is 3.39. The molecule has 0 aliphatic heterocycles. The van der Waals surface area contributed by atoms with Gasteiger partial charge < -0.3 is 10.5 Å². The van der Waals surface area contributed by atoms with Crippen molar-refractivity contribution in [2.24, 2.45) is 5.73 Å². The molecule has 0 aromatic heterocycles. The molecule has 0 saturated heterocycles. The monoisotopic (exact) mass is 348 g/mol. The van der Waals surface area contributed by atoms with Crippen LogP contribution in [0.1, 0.15) is 29.7 Å². The zero-order valence-electron chi connectivity index (χ0n) is 11.4. The number of hydrogen-bond donors (Lipinski definition) is 1. The number of halogens is 2. The third kappa shape index (κ3) is 3.81. The van der Waals surface area contributed by atoms with Crippen molar-refractivity contribution in [1.29, 1.82) is 5.26 Å². The Morgan fingerprint density at radius 3 is 2.71 bits per heavy atom. The van der Waals surface area contributed by atoms with Gasteiger partial charge >= 0.3 is 0 Å². The highest BCUT2D eigenvalue weighted by Gasteiger charge is 2.10. The van der Waals surface area contributed by atoms with Gasteiger partial charge in [0.1, 0.15) is 18.2 Å². The Labute approximate surface area is 131 Å². The van der Waals surface area contributed by atoms with E-state index in [1.807, 2.05) is 25.1 Å². The molecule has 0 unspecified atom stereocenters. The molecule has 0 radical (unpaired) electrons. The Balaban J connectivity index is 2.19. The number of nitriles is 1. The summed E-state index contributed by atoms with van der Waals surface area (Å²) in [5.41, 5.74) is 7.44. The minimum absolute atomic E-state index is 0.0822. The fourth-order valence-electron chi connectivity index (χ4n) is 1.90. The molecule has 0 aliphatic rings. The number of ether oxygens (including phenoxy) is 1. The van der Waals surface area contributed by atoms with Crippen molar-refractivity contribution in [3.8, 4) is 11.8 Å². The van der Waals surface area contributed by atoms with E-state index in [1.54, 1.807) is 18.2 Å². The van der Waals surface area contributed by atoms with Gasteiger partial charge in [0.2, 0.25) is 0 Å². The van der Waals surface area contributed by atoms with Gasteiger partial charge in [-0.25, -0.2) is 4.39 Å². The van der Waals surface area contributed by atoms with Crippen molar-refractivity contribution < 1.29 is 9.13 Å². The zero-order chi connectivity index (χ0) is 15.4. The van der Waals surface area contributed by atoms with Gasteiger partial charge in [0.05, 0.1) is 11.6 Å². The maximum atomic E-state index is 13.8. The fraction of sp³-hybridized carbons (Fsp3) is 0.188. The Kier molecular flexibility index (Phi) is 4.94. The highest BCUT2D eigenvalue weighted by atomic mass is 79.9. The summed E-state index contributed by atoms with van der Waals surface area (Å²) < 4.78 is 20.4. The second-order valence-corrected chi connectivity index (χ2v) is 5.59. The minimum atomic E-state index is -0.450. The van der Waals surface area contributed by atoms with Gasteiger partial charge in [-0.3, -0.25) is 0 Å². The lowest BCUT2D eigenvalue weighted by molar-refractivity contribution is 0.295. The molecule has 3 nitrogen and oxygen atoms in total. The molecule has 0 fully saturated rings. The van der Waals surface area contributed by atoms with Crippen LogP contribution in [-0.2, 0) is 6.61 Å². The minimum Gasteiger partial charge on any atom is -0.488 e. The summed E-state index contributed by atoms with van der Waals surface area (Å²) in [5, 5.41) is 8.72. The summed E-state index contributed by atoms with van der Waals surface area (Å²) in [6.07, 6.45) is 0. The van der Waals surface area contributed by atoms with Crippen molar-refractivity contribution >= 4 is 15.9 Å². The molecule has 5 heteroatoms. The molecule has 0 bridgehead atoms. The van der Waals surface area contributed by atoms with Gasteiger partial charge in [0.25, 0.3) is 0 Å². The van der Waals surface area contributed by atoms with Crippen molar-refractivity contribution in [3.63, 3.8) is 0 Å². The van der Waals surface area contributed by atoms with Crippen molar-refractivity contribution in [2.75, 3.05) is 0 Å². The SMILES string of the molecule is C[C@@H](N)c1cc(Br)ccc1OCc1ccc(C#N)cc1F. The van der Waals surface area contributed by atoms with E-state index < -0.39 is 5.82 Å². The van der Waals surface area contributed by atoms with Crippen molar-refractivity contribution in [1.82, 2.24) is 0 Å². The van der Waals surface area contributed by atoms with Crippen molar-refractivity contribution in [3.05, 3.63) is 63.4 Å². The van der Waals surface area contributed by atoms with E-state index in [-0.39, 0.29) is 18.2 Å².